The van der Waals surface area contributed by atoms with Gasteiger partial charge in [0.05, 0.1) is 0 Å². The first kappa shape index (κ1) is 15.6. The zero-order valence-corrected chi connectivity index (χ0v) is 13.1. The molecule has 0 aliphatic carbocycles. The fraction of sp³-hybridized carbons (Fsp3) is 0.235. The van der Waals surface area contributed by atoms with Crippen LogP contribution in [0.5, 0.6) is 0 Å². The van der Waals surface area contributed by atoms with E-state index in [1.165, 1.54) is 28.8 Å². The van der Waals surface area contributed by atoms with Crippen molar-refractivity contribution in [2.45, 2.75) is 25.4 Å². The minimum absolute atomic E-state index is 0.0866. The summed E-state index contributed by atoms with van der Waals surface area (Å²) in [4.78, 5) is 0. The number of aryl methyl sites for hydroxylation is 2. The quantitative estimate of drug-likeness (QED) is 0.643. The third-order valence-electron chi connectivity index (χ3n) is 3.17. The molecule has 0 amide bonds. The zero-order valence-electron chi connectivity index (χ0n) is 12.2. The van der Waals surface area contributed by atoms with Gasteiger partial charge in [-0.05, 0) is 37.1 Å². The van der Waals surface area contributed by atoms with E-state index in [2.05, 4.69) is 32.0 Å². The van der Waals surface area contributed by atoms with Crippen LogP contribution in [0.4, 0.5) is 4.39 Å². The van der Waals surface area contributed by atoms with Crippen molar-refractivity contribution in [3.05, 3.63) is 70.0 Å². The molecular weight excluding hydrogens is 283 g/mol. The van der Waals surface area contributed by atoms with E-state index in [9.17, 15) is 4.39 Å². The van der Waals surface area contributed by atoms with Gasteiger partial charge in [-0.1, -0.05) is 35.4 Å². The molecule has 0 radical (unpaired) electrons. The molecule has 0 fully saturated rings. The smallest absolute Gasteiger partial charge is 0.123 e. The number of nitrogen functional groups attached to an aromatic ring is 1. The number of nitrogens with two attached hydrogens (primary N) is 1. The molecular formula is C17H19FN2S. The Morgan fingerprint density at radius 2 is 1.76 bits per heavy atom. The van der Waals surface area contributed by atoms with E-state index in [1.807, 2.05) is 0 Å². The van der Waals surface area contributed by atoms with Crippen molar-refractivity contribution in [1.82, 2.24) is 0 Å². The van der Waals surface area contributed by atoms with Crippen LogP contribution in [0, 0.1) is 25.1 Å². The van der Waals surface area contributed by atoms with Crippen LogP contribution in [-0.2, 0) is 11.5 Å². The average molecular weight is 302 g/mol. The Balaban J connectivity index is 2.05. The molecule has 0 aliphatic heterocycles. The Morgan fingerprint density at radius 1 is 1.10 bits per heavy atom. The van der Waals surface area contributed by atoms with Crippen molar-refractivity contribution >= 4 is 17.6 Å². The molecule has 2 nitrogen and oxygen atoms in total. The van der Waals surface area contributed by atoms with Gasteiger partial charge in [-0.15, -0.1) is 0 Å². The summed E-state index contributed by atoms with van der Waals surface area (Å²) < 4.78 is 13.2. The number of rotatable bonds is 5. The maximum atomic E-state index is 13.2. The molecule has 0 saturated heterocycles. The third kappa shape index (κ3) is 4.33. The SMILES string of the molecule is Cc1cc(C)cc(CSCc2ccc(F)cc2C(=N)N)c1. The molecule has 4 heteroatoms. The van der Waals surface area contributed by atoms with Gasteiger partial charge < -0.3 is 5.73 Å². The van der Waals surface area contributed by atoms with Gasteiger partial charge in [-0.2, -0.15) is 11.8 Å². The van der Waals surface area contributed by atoms with Crippen molar-refractivity contribution in [1.29, 1.82) is 5.41 Å². The lowest BCUT2D eigenvalue weighted by atomic mass is 10.1. The molecule has 2 aromatic carbocycles. The maximum absolute atomic E-state index is 13.2. The molecule has 0 unspecified atom stereocenters. The summed E-state index contributed by atoms with van der Waals surface area (Å²) in [5.74, 6) is 1.15. The standard InChI is InChI=1S/C17H19FN2S/c1-11-5-12(2)7-13(6-11)9-21-10-14-3-4-15(18)8-16(14)17(19)20/h3-8H,9-10H2,1-2H3,(H3,19,20). The van der Waals surface area contributed by atoms with Gasteiger partial charge in [0, 0.05) is 17.1 Å². The predicted molar refractivity (Wildman–Crippen MR) is 88.3 cm³/mol. The summed E-state index contributed by atoms with van der Waals surface area (Å²) in [5, 5.41) is 7.53. The van der Waals surface area contributed by atoms with Crippen molar-refractivity contribution < 1.29 is 4.39 Å². The second kappa shape index (κ2) is 6.76. The molecule has 3 N–H and O–H groups in total. The van der Waals surface area contributed by atoms with Gasteiger partial charge in [0.2, 0.25) is 0 Å². The lowest BCUT2D eigenvalue weighted by molar-refractivity contribution is 0.627. The van der Waals surface area contributed by atoms with Gasteiger partial charge in [-0.25, -0.2) is 4.39 Å². The molecule has 110 valence electrons. The largest absolute Gasteiger partial charge is 0.384 e. The molecule has 21 heavy (non-hydrogen) atoms. The van der Waals surface area contributed by atoms with Crippen LogP contribution in [0.25, 0.3) is 0 Å². The van der Waals surface area contributed by atoms with Crippen LogP contribution in [0.3, 0.4) is 0 Å². The molecule has 2 aromatic rings. The topological polar surface area (TPSA) is 49.9 Å². The number of nitrogens with one attached hydrogen (secondary N) is 1. The van der Waals surface area contributed by atoms with Crippen molar-refractivity contribution in [2.75, 3.05) is 0 Å². The maximum Gasteiger partial charge on any atom is 0.123 e. The van der Waals surface area contributed by atoms with E-state index >= 15 is 0 Å². The summed E-state index contributed by atoms with van der Waals surface area (Å²) in [6, 6.07) is 11.0. The summed E-state index contributed by atoms with van der Waals surface area (Å²) in [6.07, 6.45) is 0. The lowest BCUT2D eigenvalue weighted by Gasteiger charge is -2.09. The van der Waals surface area contributed by atoms with Crippen LogP contribution in [0.2, 0.25) is 0 Å². The van der Waals surface area contributed by atoms with Gasteiger partial charge in [0.1, 0.15) is 11.7 Å². The monoisotopic (exact) mass is 302 g/mol. The number of benzene rings is 2. The van der Waals surface area contributed by atoms with Crippen LogP contribution in [0.1, 0.15) is 27.8 Å². The van der Waals surface area contributed by atoms with Crippen LogP contribution >= 0.6 is 11.8 Å². The van der Waals surface area contributed by atoms with E-state index in [0.717, 1.165) is 11.3 Å². The summed E-state index contributed by atoms with van der Waals surface area (Å²) in [5.41, 5.74) is 10.7. The molecule has 0 bridgehead atoms. The van der Waals surface area contributed by atoms with Crippen molar-refractivity contribution in [3.8, 4) is 0 Å². The Morgan fingerprint density at radius 3 is 2.38 bits per heavy atom. The number of hydrogen-bond acceptors (Lipinski definition) is 2. The van der Waals surface area contributed by atoms with Gasteiger partial charge in [0.25, 0.3) is 0 Å². The number of hydrogen-bond donors (Lipinski definition) is 2. The van der Waals surface area contributed by atoms with Crippen molar-refractivity contribution in [2.24, 2.45) is 5.73 Å². The van der Waals surface area contributed by atoms with Gasteiger partial charge in [-0.3, -0.25) is 5.41 Å². The first-order valence-corrected chi connectivity index (χ1v) is 7.89. The molecule has 0 saturated carbocycles. The molecule has 0 spiro atoms. The summed E-state index contributed by atoms with van der Waals surface area (Å²) in [6.45, 7) is 4.18. The predicted octanol–water partition coefficient (Wildman–Crippen LogP) is 4.16. The van der Waals surface area contributed by atoms with Crippen LogP contribution < -0.4 is 5.73 Å². The number of thioether (sulfide) groups is 1. The molecule has 0 heterocycles. The summed E-state index contributed by atoms with van der Waals surface area (Å²) in [7, 11) is 0. The minimum Gasteiger partial charge on any atom is -0.384 e. The van der Waals surface area contributed by atoms with Crippen molar-refractivity contribution in [3.63, 3.8) is 0 Å². The van der Waals surface area contributed by atoms with E-state index in [1.54, 1.807) is 17.8 Å². The highest BCUT2D eigenvalue weighted by Crippen LogP contribution is 2.22. The first-order valence-electron chi connectivity index (χ1n) is 6.73. The molecule has 0 atom stereocenters. The number of halogens is 1. The molecule has 0 aliphatic rings. The normalized spacial score (nSPS) is 10.6. The van der Waals surface area contributed by atoms with E-state index < -0.39 is 0 Å². The van der Waals surface area contributed by atoms with E-state index in [-0.39, 0.29) is 11.7 Å². The van der Waals surface area contributed by atoms with E-state index in [4.69, 9.17) is 11.1 Å². The highest BCUT2D eigenvalue weighted by molar-refractivity contribution is 7.97. The van der Waals surface area contributed by atoms with Crippen LogP contribution in [0.15, 0.2) is 36.4 Å². The molecule has 2 rings (SSSR count). The van der Waals surface area contributed by atoms with Gasteiger partial charge in [0.15, 0.2) is 0 Å². The number of amidine groups is 1. The van der Waals surface area contributed by atoms with E-state index in [0.29, 0.717) is 11.3 Å². The highest BCUT2D eigenvalue weighted by atomic mass is 32.2. The Bertz CT molecular complexity index is 648. The first-order chi connectivity index (χ1) is 9.95. The Labute approximate surface area is 129 Å². The Kier molecular flexibility index (Phi) is 5.02. The average Bonchev–Trinajstić information content (AvgIpc) is 2.39. The lowest BCUT2D eigenvalue weighted by Crippen LogP contribution is -2.14. The fourth-order valence-electron chi connectivity index (χ4n) is 2.36. The molecule has 0 aromatic heterocycles. The Hall–Kier alpha value is -1.81. The van der Waals surface area contributed by atoms with Crippen LogP contribution in [-0.4, -0.2) is 5.84 Å². The fourth-order valence-corrected chi connectivity index (χ4v) is 3.33. The second-order valence-corrected chi connectivity index (χ2v) is 6.19. The highest BCUT2D eigenvalue weighted by Gasteiger charge is 2.07. The van der Waals surface area contributed by atoms with Gasteiger partial charge >= 0.3 is 0 Å². The summed E-state index contributed by atoms with van der Waals surface area (Å²) >= 11 is 1.74. The zero-order chi connectivity index (χ0) is 15.4. The second-order valence-electron chi connectivity index (χ2n) is 5.20. The minimum atomic E-state index is -0.358. The third-order valence-corrected chi connectivity index (χ3v) is 4.22.